The van der Waals surface area contributed by atoms with E-state index in [9.17, 15) is 0 Å². The number of unbranched alkanes of at least 4 members (excludes halogenated alkanes) is 6. The molecule has 74 valence electrons. The summed E-state index contributed by atoms with van der Waals surface area (Å²) < 4.78 is 0. The maximum Gasteiger partial charge on any atom is 0.0307 e. The van der Waals surface area contributed by atoms with Crippen LogP contribution in [-0.4, -0.2) is 5.38 Å². The fourth-order valence-corrected chi connectivity index (χ4v) is 1.54. The first-order valence-corrected chi connectivity index (χ1v) is 5.85. The highest BCUT2D eigenvalue weighted by Crippen LogP contribution is 2.11. The van der Waals surface area contributed by atoms with E-state index in [4.69, 9.17) is 11.6 Å². The van der Waals surface area contributed by atoms with E-state index >= 15 is 0 Å². The van der Waals surface area contributed by atoms with Crippen molar-refractivity contribution in [3.8, 4) is 0 Å². The SMILES string of the molecule is CCCCCCCCCC(C)Cl. The van der Waals surface area contributed by atoms with Gasteiger partial charge in [-0.05, 0) is 13.3 Å². The van der Waals surface area contributed by atoms with Gasteiger partial charge in [0.05, 0.1) is 0 Å². The van der Waals surface area contributed by atoms with Gasteiger partial charge >= 0.3 is 0 Å². The smallest absolute Gasteiger partial charge is 0.0307 e. The maximum absolute atomic E-state index is 5.84. The summed E-state index contributed by atoms with van der Waals surface area (Å²) in [5.41, 5.74) is 0. The van der Waals surface area contributed by atoms with E-state index in [0.717, 1.165) is 0 Å². The Kier molecular flexibility index (Phi) is 9.61. The molecule has 0 saturated heterocycles. The van der Waals surface area contributed by atoms with Crippen molar-refractivity contribution in [2.45, 2.75) is 70.6 Å². The molecular formula is C11H23Cl. The quantitative estimate of drug-likeness (QED) is 0.383. The molecule has 12 heavy (non-hydrogen) atoms. The van der Waals surface area contributed by atoms with E-state index < -0.39 is 0 Å². The first-order chi connectivity index (χ1) is 5.77. The van der Waals surface area contributed by atoms with Crippen LogP contribution < -0.4 is 0 Å². The predicted octanol–water partition coefficient (Wildman–Crippen LogP) is 4.75. The Morgan fingerprint density at radius 3 is 1.92 bits per heavy atom. The van der Waals surface area contributed by atoms with E-state index in [2.05, 4.69) is 13.8 Å². The first kappa shape index (κ1) is 12.3. The molecule has 0 spiro atoms. The van der Waals surface area contributed by atoms with E-state index in [1.54, 1.807) is 0 Å². The van der Waals surface area contributed by atoms with E-state index in [0.29, 0.717) is 5.38 Å². The van der Waals surface area contributed by atoms with Crippen LogP contribution in [0.25, 0.3) is 0 Å². The molecule has 1 heteroatoms. The molecule has 1 atom stereocenters. The summed E-state index contributed by atoms with van der Waals surface area (Å²) in [7, 11) is 0. The standard InChI is InChI=1S/C11H23Cl/c1-3-4-5-6-7-8-9-10-11(2)12/h11H,3-10H2,1-2H3. The second-order valence-electron chi connectivity index (χ2n) is 3.69. The van der Waals surface area contributed by atoms with Gasteiger partial charge in [-0.2, -0.15) is 0 Å². The lowest BCUT2D eigenvalue weighted by molar-refractivity contribution is 0.574. The Balaban J connectivity index is 2.82. The van der Waals surface area contributed by atoms with Crippen molar-refractivity contribution in [2.75, 3.05) is 0 Å². The lowest BCUT2D eigenvalue weighted by atomic mass is 10.1. The number of alkyl halides is 1. The van der Waals surface area contributed by atoms with E-state index in [1.165, 1.54) is 51.4 Å². The van der Waals surface area contributed by atoms with Crippen LogP contribution in [0.5, 0.6) is 0 Å². The molecule has 0 N–H and O–H groups in total. The number of halogens is 1. The topological polar surface area (TPSA) is 0 Å². The highest BCUT2D eigenvalue weighted by molar-refractivity contribution is 6.20. The van der Waals surface area contributed by atoms with Crippen LogP contribution in [0.1, 0.15) is 65.2 Å². The fourth-order valence-electron chi connectivity index (χ4n) is 1.38. The lowest BCUT2D eigenvalue weighted by Gasteiger charge is -2.02. The van der Waals surface area contributed by atoms with Crippen LogP contribution >= 0.6 is 11.6 Å². The second-order valence-corrected chi connectivity index (χ2v) is 4.44. The highest BCUT2D eigenvalue weighted by atomic mass is 35.5. The molecule has 0 aliphatic rings. The molecule has 0 saturated carbocycles. The molecule has 0 amide bonds. The zero-order valence-electron chi connectivity index (χ0n) is 8.61. The largest absolute Gasteiger partial charge is 0.123 e. The minimum absolute atomic E-state index is 0.376. The van der Waals surface area contributed by atoms with Crippen LogP contribution in [0.4, 0.5) is 0 Å². The van der Waals surface area contributed by atoms with Gasteiger partial charge in [0.25, 0.3) is 0 Å². The Morgan fingerprint density at radius 1 is 0.917 bits per heavy atom. The summed E-state index contributed by atoms with van der Waals surface area (Å²) >= 11 is 5.84. The van der Waals surface area contributed by atoms with Gasteiger partial charge in [0.2, 0.25) is 0 Å². The summed E-state index contributed by atoms with van der Waals surface area (Å²) in [6.07, 6.45) is 10.9. The zero-order valence-corrected chi connectivity index (χ0v) is 9.37. The van der Waals surface area contributed by atoms with Crippen LogP contribution in [0.2, 0.25) is 0 Å². The molecule has 0 nitrogen and oxygen atoms in total. The monoisotopic (exact) mass is 190 g/mol. The number of hydrogen-bond acceptors (Lipinski definition) is 0. The summed E-state index contributed by atoms with van der Waals surface area (Å²) in [6.45, 7) is 4.34. The van der Waals surface area contributed by atoms with Gasteiger partial charge in [-0.1, -0.05) is 51.9 Å². The second kappa shape index (κ2) is 9.38. The lowest BCUT2D eigenvalue weighted by Crippen LogP contribution is -1.89. The van der Waals surface area contributed by atoms with Gasteiger partial charge in [0, 0.05) is 5.38 Å². The molecule has 0 rings (SSSR count). The third kappa shape index (κ3) is 10.3. The summed E-state index contributed by atoms with van der Waals surface area (Å²) in [4.78, 5) is 0. The summed E-state index contributed by atoms with van der Waals surface area (Å²) in [5.74, 6) is 0. The third-order valence-electron chi connectivity index (χ3n) is 2.21. The average Bonchev–Trinajstić information content (AvgIpc) is 2.02. The Hall–Kier alpha value is 0.290. The minimum Gasteiger partial charge on any atom is -0.123 e. The van der Waals surface area contributed by atoms with Gasteiger partial charge in [0.1, 0.15) is 0 Å². The zero-order chi connectivity index (χ0) is 9.23. The molecular weight excluding hydrogens is 168 g/mol. The molecule has 0 fully saturated rings. The van der Waals surface area contributed by atoms with Crippen molar-refractivity contribution in [3.63, 3.8) is 0 Å². The Bertz CT molecular complexity index is 79.1. The number of rotatable bonds is 8. The summed E-state index contributed by atoms with van der Waals surface area (Å²) in [5, 5.41) is 0.376. The van der Waals surface area contributed by atoms with Crippen molar-refractivity contribution >= 4 is 11.6 Å². The molecule has 0 heterocycles. The molecule has 0 aromatic carbocycles. The van der Waals surface area contributed by atoms with Crippen LogP contribution in [0, 0.1) is 0 Å². The Morgan fingerprint density at radius 2 is 1.42 bits per heavy atom. The minimum atomic E-state index is 0.376. The Labute approximate surface area is 82.7 Å². The van der Waals surface area contributed by atoms with Crippen molar-refractivity contribution in [2.24, 2.45) is 0 Å². The molecule has 0 aromatic rings. The van der Waals surface area contributed by atoms with Crippen molar-refractivity contribution in [3.05, 3.63) is 0 Å². The molecule has 0 radical (unpaired) electrons. The molecule has 0 aromatic heterocycles. The van der Waals surface area contributed by atoms with Gasteiger partial charge in [0.15, 0.2) is 0 Å². The van der Waals surface area contributed by atoms with Gasteiger partial charge < -0.3 is 0 Å². The predicted molar refractivity (Wildman–Crippen MR) is 57.9 cm³/mol. The fraction of sp³-hybridized carbons (Fsp3) is 1.00. The van der Waals surface area contributed by atoms with E-state index in [-0.39, 0.29) is 0 Å². The molecule has 1 unspecified atom stereocenters. The van der Waals surface area contributed by atoms with Crippen LogP contribution in [0.3, 0.4) is 0 Å². The molecule has 0 bridgehead atoms. The normalized spacial score (nSPS) is 13.2. The first-order valence-electron chi connectivity index (χ1n) is 5.41. The van der Waals surface area contributed by atoms with Gasteiger partial charge in [-0.15, -0.1) is 11.6 Å². The third-order valence-corrected chi connectivity index (χ3v) is 2.42. The van der Waals surface area contributed by atoms with E-state index in [1.807, 2.05) is 0 Å². The number of hydrogen-bond donors (Lipinski definition) is 0. The average molecular weight is 191 g/mol. The van der Waals surface area contributed by atoms with Gasteiger partial charge in [-0.3, -0.25) is 0 Å². The molecule has 0 aliphatic carbocycles. The highest BCUT2D eigenvalue weighted by Gasteiger charge is 1.95. The summed E-state index contributed by atoms with van der Waals surface area (Å²) in [6, 6.07) is 0. The molecule has 0 aliphatic heterocycles. The van der Waals surface area contributed by atoms with Gasteiger partial charge in [-0.25, -0.2) is 0 Å². The van der Waals surface area contributed by atoms with Crippen molar-refractivity contribution < 1.29 is 0 Å². The maximum atomic E-state index is 5.84. The van der Waals surface area contributed by atoms with Crippen LogP contribution in [-0.2, 0) is 0 Å². The van der Waals surface area contributed by atoms with Crippen LogP contribution in [0.15, 0.2) is 0 Å². The van der Waals surface area contributed by atoms with Crippen molar-refractivity contribution in [1.29, 1.82) is 0 Å². The van der Waals surface area contributed by atoms with Crippen molar-refractivity contribution in [1.82, 2.24) is 0 Å².